The number of anilines is 1. The minimum Gasteiger partial charge on any atom is -0.384 e. The van der Waals surface area contributed by atoms with Crippen LogP contribution in [0.2, 0.25) is 10.0 Å². The van der Waals surface area contributed by atoms with E-state index >= 15 is 0 Å². The summed E-state index contributed by atoms with van der Waals surface area (Å²) in [5.41, 5.74) is 1.69. The lowest BCUT2D eigenvalue weighted by Crippen LogP contribution is -2.28. The third kappa shape index (κ3) is 4.93. The van der Waals surface area contributed by atoms with Crippen LogP contribution in [0, 0.1) is 10.1 Å². The molecule has 1 aromatic heterocycles. The monoisotopic (exact) mass is 432 g/mol. The van der Waals surface area contributed by atoms with Gasteiger partial charge < -0.3 is 10.2 Å². The Balaban J connectivity index is 1.58. The van der Waals surface area contributed by atoms with E-state index in [1.807, 2.05) is 18.2 Å². The predicted molar refractivity (Wildman–Crippen MR) is 115 cm³/mol. The second kappa shape index (κ2) is 9.07. The van der Waals surface area contributed by atoms with Crippen molar-refractivity contribution in [3.05, 3.63) is 74.4 Å². The molecule has 0 spiro atoms. The number of nitrogens with zero attached hydrogens (tertiary/aromatic N) is 3. The number of nitro benzene ring substituents is 1. The van der Waals surface area contributed by atoms with Gasteiger partial charge in [-0.2, -0.15) is 0 Å². The molecule has 0 radical (unpaired) electrons. The number of carbonyl (C=O) groups excluding carboxylic acids is 1. The molecule has 0 unspecified atom stereocenters. The molecule has 0 aliphatic heterocycles. The average molecular weight is 433 g/mol. The quantitative estimate of drug-likeness (QED) is 0.321. The van der Waals surface area contributed by atoms with Gasteiger partial charge in [-0.05, 0) is 42.8 Å². The molecule has 0 aliphatic carbocycles. The topological polar surface area (TPSA) is 88.4 Å². The highest BCUT2D eigenvalue weighted by Crippen LogP contribution is 2.26. The van der Waals surface area contributed by atoms with E-state index in [0.717, 1.165) is 16.6 Å². The van der Waals surface area contributed by atoms with Gasteiger partial charge in [-0.25, -0.2) is 0 Å². The van der Waals surface area contributed by atoms with E-state index in [2.05, 4.69) is 10.3 Å². The third-order valence-electron chi connectivity index (χ3n) is 4.43. The molecular weight excluding hydrogens is 415 g/mol. The summed E-state index contributed by atoms with van der Waals surface area (Å²) in [5, 5.41) is 15.9. The fourth-order valence-corrected chi connectivity index (χ4v) is 3.28. The molecule has 29 heavy (non-hydrogen) atoms. The van der Waals surface area contributed by atoms with Crippen LogP contribution in [-0.2, 0) is 0 Å². The molecule has 0 saturated heterocycles. The highest BCUT2D eigenvalue weighted by Gasteiger charge is 2.18. The Labute approximate surface area is 177 Å². The molecule has 1 N–H and O–H groups in total. The Kier molecular flexibility index (Phi) is 6.51. The standard InChI is InChI=1S/C20H18Cl2N4O3/c1-25(20(27)13-3-6-16(22)19(11-13)26(28)29)10-2-8-23-17-7-9-24-18-12-14(21)4-5-15(17)18/h3-7,9,11-12H,2,8,10H2,1H3,(H,23,24). The van der Waals surface area contributed by atoms with Gasteiger partial charge in [-0.3, -0.25) is 19.9 Å². The van der Waals surface area contributed by atoms with Gasteiger partial charge >= 0.3 is 0 Å². The second-order valence-electron chi connectivity index (χ2n) is 6.45. The van der Waals surface area contributed by atoms with Gasteiger partial charge in [0, 0.05) is 54.1 Å². The van der Waals surface area contributed by atoms with Crippen molar-refractivity contribution >= 4 is 51.4 Å². The molecule has 0 bridgehead atoms. The number of amides is 1. The lowest BCUT2D eigenvalue weighted by atomic mass is 10.1. The Hall–Kier alpha value is -2.90. The van der Waals surface area contributed by atoms with Crippen LogP contribution < -0.4 is 5.32 Å². The fourth-order valence-electron chi connectivity index (χ4n) is 2.92. The van der Waals surface area contributed by atoms with Crippen LogP contribution in [0.25, 0.3) is 10.9 Å². The number of hydrogen-bond donors (Lipinski definition) is 1. The molecule has 3 aromatic rings. The van der Waals surface area contributed by atoms with Crippen molar-refractivity contribution in [2.24, 2.45) is 0 Å². The second-order valence-corrected chi connectivity index (χ2v) is 7.29. The highest BCUT2D eigenvalue weighted by atomic mass is 35.5. The zero-order valence-electron chi connectivity index (χ0n) is 15.6. The number of rotatable bonds is 7. The smallest absolute Gasteiger partial charge is 0.288 e. The van der Waals surface area contributed by atoms with E-state index in [4.69, 9.17) is 23.2 Å². The summed E-state index contributed by atoms with van der Waals surface area (Å²) < 4.78 is 0. The number of carbonyl (C=O) groups is 1. The summed E-state index contributed by atoms with van der Waals surface area (Å²) in [7, 11) is 1.66. The number of halogens is 2. The lowest BCUT2D eigenvalue weighted by Gasteiger charge is -2.18. The normalized spacial score (nSPS) is 10.7. The van der Waals surface area contributed by atoms with Gasteiger partial charge in [-0.1, -0.05) is 23.2 Å². The molecule has 150 valence electrons. The van der Waals surface area contributed by atoms with Gasteiger partial charge in [-0.15, -0.1) is 0 Å². The molecule has 0 saturated carbocycles. The van der Waals surface area contributed by atoms with E-state index in [9.17, 15) is 14.9 Å². The molecule has 3 rings (SSSR count). The maximum Gasteiger partial charge on any atom is 0.288 e. The van der Waals surface area contributed by atoms with Gasteiger partial charge in [0.05, 0.1) is 10.4 Å². The van der Waals surface area contributed by atoms with Gasteiger partial charge in [0.2, 0.25) is 0 Å². The first-order valence-corrected chi connectivity index (χ1v) is 9.60. The number of hydrogen-bond acceptors (Lipinski definition) is 5. The molecule has 1 heterocycles. The van der Waals surface area contributed by atoms with Crippen molar-refractivity contribution in [1.29, 1.82) is 0 Å². The minimum atomic E-state index is -0.602. The Bertz CT molecular complexity index is 1070. The van der Waals surface area contributed by atoms with Crippen LogP contribution in [0.4, 0.5) is 11.4 Å². The van der Waals surface area contributed by atoms with Crippen LogP contribution >= 0.6 is 23.2 Å². The molecule has 1 amide bonds. The molecule has 9 heteroatoms. The molecule has 7 nitrogen and oxygen atoms in total. The van der Waals surface area contributed by atoms with E-state index in [0.29, 0.717) is 24.5 Å². The zero-order valence-corrected chi connectivity index (χ0v) is 17.1. The van der Waals surface area contributed by atoms with Crippen molar-refractivity contribution in [2.45, 2.75) is 6.42 Å². The van der Waals surface area contributed by atoms with Crippen LogP contribution in [0.15, 0.2) is 48.7 Å². The van der Waals surface area contributed by atoms with Crippen molar-refractivity contribution in [3.63, 3.8) is 0 Å². The summed E-state index contributed by atoms with van der Waals surface area (Å²) in [6, 6.07) is 11.5. The molecule has 2 aromatic carbocycles. The van der Waals surface area contributed by atoms with Gasteiger partial charge in [0.15, 0.2) is 0 Å². The first kappa shape index (κ1) is 20.8. The summed E-state index contributed by atoms with van der Waals surface area (Å²) >= 11 is 11.8. The van der Waals surface area contributed by atoms with Crippen LogP contribution in [0.1, 0.15) is 16.8 Å². The van der Waals surface area contributed by atoms with Gasteiger partial charge in [0.1, 0.15) is 5.02 Å². The Morgan fingerprint density at radius 2 is 2.00 bits per heavy atom. The van der Waals surface area contributed by atoms with Crippen molar-refractivity contribution in [2.75, 3.05) is 25.5 Å². The predicted octanol–water partition coefficient (Wildman–Crippen LogP) is 5.02. The number of fused-ring (bicyclic) bond motifs is 1. The van der Waals surface area contributed by atoms with Crippen LogP contribution in [0.3, 0.4) is 0 Å². The molecule has 0 fully saturated rings. The average Bonchev–Trinajstić information content (AvgIpc) is 2.70. The van der Waals surface area contributed by atoms with Crippen LogP contribution in [0.5, 0.6) is 0 Å². The van der Waals surface area contributed by atoms with E-state index in [-0.39, 0.29) is 22.2 Å². The number of nitro groups is 1. The number of pyridine rings is 1. The maximum atomic E-state index is 12.5. The van der Waals surface area contributed by atoms with E-state index < -0.39 is 4.92 Å². The number of aromatic nitrogens is 1. The molecule has 0 aliphatic rings. The zero-order chi connectivity index (χ0) is 21.0. The SMILES string of the molecule is CN(CCCNc1ccnc2cc(Cl)ccc12)C(=O)c1ccc(Cl)c([N+](=O)[O-])c1. The third-order valence-corrected chi connectivity index (χ3v) is 4.98. The van der Waals surface area contributed by atoms with Crippen molar-refractivity contribution < 1.29 is 9.72 Å². The number of benzene rings is 2. The summed E-state index contributed by atoms with van der Waals surface area (Å²) in [5.74, 6) is -0.297. The first-order valence-electron chi connectivity index (χ1n) is 8.84. The molecular formula is C20H18Cl2N4O3. The highest BCUT2D eigenvalue weighted by molar-refractivity contribution is 6.32. The summed E-state index contributed by atoms with van der Waals surface area (Å²) in [6.07, 6.45) is 2.40. The fraction of sp³-hybridized carbons (Fsp3) is 0.200. The van der Waals surface area contributed by atoms with Gasteiger partial charge in [0.25, 0.3) is 11.6 Å². The van der Waals surface area contributed by atoms with E-state index in [1.54, 1.807) is 19.3 Å². The number of nitrogens with one attached hydrogen (secondary N) is 1. The van der Waals surface area contributed by atoms with Crippen molar-refractivity contribution in [3.8, 4) is 0 Å². The first-order chi connectivity index (χ1) is 13.9. The minimum absolute atomic E-state index is 0.00395. The van der Waals surface area contributed by atoms with Crippen molar-refractivity contribution in [1.82, 2.24) is 9.88 Å². The van der Waals surface area contributed by atoms with E-state index in [1.165, 1.54) is 23.1 Å². The van der Waals surface area contributed by atoms with Crippen LogP contribution in [-0.4, -0.2) is 40.9 Å². The lowest BCUT2D eigenvalue weighted by molar-refractivity contribution is -0.384. The Morgan fingerprint density at radius 3 is 2.76 bits per heavy atom. The largest absolute Gasteiger partial charge is 0.384 e. The maximum absolute atomic E-state index is 12.5. The summed E-state index contributed by atoms with van der Waals surface area (Å²) in [6.45, 7) is 1.12. The summed E-state index contributed by atoms with van der Waals surface area (Å²) in [4.78, 5) is 28.8. The molecule has 0 atom stereocenters. The Morgan fingerprint density at radius 1 is 1.21 bits per heavy atom.